The molecule has 0 spiro atoms. The second kappa shape index (κ2) is 6.88. The van der Waals surface area contributed by atoms with Gasteiger partial charge in [-0.3, -0.25) is 0 Å². The molecule has 0 N–H and O–H groups in total. The first-order chi connectivity index (χ1) is 8.90. The van der Waals surface area contributed by atoms with Crippen LogP contribution in [0.3, 0.4) is 0 Å². The Kier molecular flexibility index (Phi) is 4.87. The number of rotatable bonds is 7. The normalized spacial score (nSPS) is 10.7. The van der Waals surface area contributed by atoms with Crippen molar-refractivity contribution in [2.75, 3.05) is 33.5 Å². The number of hydrogen-bond donors (Lipinski definition) is 0. The van der Waals surface area contributed by atoms with Gasteiger partial charge in [0.15, 0.2) is 0 Å². The van der Waals surface area contributed by atoms with Crippen LogP contribution in [0.1, 0.15) is 0 Å². The number of fused-ring (bicyclic) bond motifs is 1. The van der Waals surface area contributed by atoms with Gasteiger partial charge in [-0.15, -0.1) is 10.2 Å². The van der Waals surface area contributed by atoms with E-state index in [9.17, 15) is 0 Å². The molecule has 0 bridgehead atoms. The minimum atomic E-state index is 0.455. The first-order valence-electron chi connectivity index (χ1n) is 5.82. The Bertz CT molecular complexity index is 490. The zero-order valence-electron chi connectivity index (χ0n) is 10.3. The molecule has 2 aromatic rings. The molecule has 1 aromatic carbocycles. The van der Waals surface area contributed by atoms with Gasteiger partial charge in [0, 0.05) is 18.6 Å². The average Bonchev–Trinajstić information content (AvgIpc) is 2.42. The van der Waals surface area contributed by atoms with Gasteiger partial charge in [-0.25, -0.2) is 0 Å². The molecule has 0 atom stereocenters. The standard InChI is InChI=1S/C13H16N2O3/c1-16-6-7-17-8-9-18-13-10-11-4-2-3-5-12(11)14-15-13/h2-5,10H,6-9H2,1H3. The highest BCUT2D eigenvalue weighted by atomic mass is 16.5. The van der Waals surface area contributed by atoms with Crippen molar-refractivity contribution in [3.8, 4) is 5.88 Å². The van der Waals surface area contributed by atoms with Gasteiger partial charge in [-0.1, -0.05) is 18.2 Å². The third-order valence-corrected chi connectivity index (χ3v) is 2.38. The summed E-state index contributed by atoms with van der Waals surface area (Å²) in [6.07, 6.45) is 0. The van der Waals surface area contributed by atoms with Crippen LogP contribution in [0.4, 0.5) is 0 Å². The Balaban J connectivity index is 1.81. The van der Waals surface area contributed by atoms with Crippen LogP contribution < -0.4 is 4.74 Å². The van der Waals surface area contributed by atoms with Crippen molar-refractivity contribution < 1.29 is 14.2 Å². The molecule has 0 radical (unpaired) electrons. The summed E-state index contributed by atoms with van der Waals surface area (Å²) >= 11 is 0. The highest BCUT2D eigenvalue weighted by Crippen LogP contribution is 2.14. The predicted octanol–water partition coefficient (Wildman–Crippen LogP) is 1.67. The number of benzene rings is 1. The van der Waals surface area contributed by atoms with E-state index < -0.39 is 0 Å². The molecule has 0 aliphatic carbocycles. The Morgan fingerprint density at radius 2 is 1.83 bits per heavy atom. The maximum atomic E-state index is 5.45. The van der Waals surface area contributed by atoms with Gasteiger partial charge in [0.2, 0.25) is 5.88 Å². The number of ether oxygens (including phenoxy) is 3. The molecule has 0 saturated heterocycles. The minimum absolute atomic E-state index is 0.455. The third-order valence-electron chi connectivity index (χ3n) is 2.38. The van der Waals surface area contributed by atoms with Gasteiger partial charge in [-0.05, 0) is 6.07 Å². The summed E-state index contributed by atoms with van der Waals surface area (Å²) in [6, 6.07) is 9.66. The molecule has 0 unspecified atom stereocenters. The molecular formula is C13H16N2O3. The molecule has 1 heterocycles. The minimum Gasteiger partial charge on any atom is -0.474 e. The van der Waals surface area contributed by atoms with E-state index in [-0.39, 0.29) is 0 Å². The monoisotopic (exact) mass is 248 g/mol. The van der Waals surface area contributed by atoms with Crippen molar-refractivity contribution in [3.05, 3.63) is 30.3 Å². The van der Waals surface area contributed by atoms with E-state index in [1.807, 2.05) is 30.3 Å². The van der Waals surface area contributed by atoms with E-state index in [1.165, 1.54) is 0 Å². The summed E-state index contributed by atoms with van der Waals surface area (Å²) in [6.45, 7) is 2.13. The van der Waals surface area contributed by atoms with E-state index in [0.717, 1.165) is 10.9 Å². The number of hydrogen-bond acceptors (Lipinski definition) is 5. The summed E-state index contributed by atoms with van der Waals surface area (Å²) in [5.41, 5.74) is 0.862. The molecule has 0 aliphatic rings. The number of aromatic nitrogens is 2. The first kappa shape index (κ1) is 12.7. The lowest BCUT2D eigenvalue weighted by Crippen LogP contribution is -2.10. The molecule has 0 aliphatic heterocycles. The smallest absolute Gasteiger partial charge is 0.234 e. The second-order valence-corrected chi connectivity index (χ2v) is 3.70. The fraction of sp³-hybridized carbons (Fsp3) is 0.385. The molecule has 5 heteroatoms. The van der Waals surface area contributed by atoms with Crippen molar-refractivity contribution in [2.45, 2.75) is 0 Å². The molecule has 1 aromatic heterocycles. The zero-order valence-corrected chi connectivity index (χ0v) is 10.3. The van der Waals surface area contributed by atoms with E-state index >= 15 is 0 Å². The Labute approximate surface area is 106 Å². The summed E-state index contributed by atoms with van der Waals surface area (Å²) in [4.78, 5) is 0. The summed E-state index contributed by atoms with van der Waals surface area (Å²) in [7, 11) is 1.64. The molecule has 0 saturated carbocycles. The van der Waals surface area contributed by atoms with Crippen LogP contribution >= 0.6 is 0 Å². The van der Waals surface area contributed by atoms with Crippen molar-refractivity contribution in [3.63, 3.8) is 0 Å². The van der Waals surface area contributed by atoms with E-state index in [2.05, 4.69) is 10.2 Å². The number of nitrogens with zero attached hydrogens (tertiary/aromatic N) is 2. The average molecular weight is 248 g/mol. The maximum absolute atomic E-state index is 5.45. The maximum Gasteiger partial charge on any atom is 0.234 e. The lowest BCUT2D eigenvalue weighted by atomic mass is 10.2. The van der Waals surface area contributed by atoms with Crippen molar-refractivity contribution in [2.24, 2.45) is 0 Å². The van der Waals surface area contributed by atoms with Crippen LogP contribution in [-0.4, -0.2) is 43.7 Å². The topological polar surface area (TPSA) is 53.5 Å². The first-order valence-corrected chi connectivity index (χ1v) is 5.82. The predicted molar refractivity (Wildman–Crippen MR) is 67.7 cm³/mol. The molecule has 96 valence electrons. The lowest BCUT2D eigenvalue weighted by molar-refractivity contribution is 0.0535. The molecule has 18 heavy (non-hydrogen) atoms. The van der Waals surface area contributed by atoms with Crippen LogP contribution in [0.25, 0.3) is 10.9 Å². The van der Waals surface area contributed by atoms with Crippen LogP contribution in [0.15, 0.2) is 30.3 Å². The summed E-state index contributed by atoms with van der Waals surface area (Å²) in [5, 5.41) is 9.08. The third kappa shape index (κ3) is 3.65. The highest BCUT2D eigenvalue weighted by molar-refractivity contribution is 5.78. The fourth-order valence-corrected chi connectivity index (χ4v) is 1.49. The Morgan fingerprint density at radius 1 is 1.00 bits per heavy atom. The molecule has 5 nitrogen and oxygen atoms in total. The van der Waals surface area contributed by atoms with Gasteiger partial charge in [0.05, 0.1) is 25.3 Å². The van der Waals surface area contributed by atoms with E-state index in [4.69, 9.17) is 14.2 Å². The molecular weight excluding hydrogens is 232 g/mol. The molecule has 0 amide bonds. The summed E-state index contributed by atoms with van der Waals surface area (Å²) < 4.78 is 15.6. The summed E-state index contributed by atoms with van der Waals surface area (Å²) in [5.74, 6) is 0.518. The zero-order chi connectivity index (χ0) is 12.6. The van der Waals surface area contributed by atoms with E-state index in [0.29, 0.717) is 32.3 Å². The quantitative estimate of drug-likeness (QED) is 0.698. The molecule has 2 rings (SSSR count). The van der Waals surface area contributed by atoms with Gasteiger partial charge in [0.1, 0.15) is 6.61 Å². The fourth-order valence-electron chi connectivity index (χ4n) is 1.49. The highest BCUT2D eigenvalue weighted by Gasteiger charge is 1.99. The SMILES string of the molecule is COCCOCCOc1cc2ccccc2nn1. The van der Waals surface area contributed by atoms with Gasteiger partial charge in [-0.2, -0.15) is 0 Å². The van der Waals surface area contributed by atoms with Crippen LogP contribution in [0, 0.1) is 0 Å². The van der Waals surface area contributed by atoms with Gasteiger partial charge >= 0.3 is 0 Å². The molecule has 0 fully saturated rings. The van der Waals surface area contributed by atoms with Gasteiger partial charge in [0.25, 0.3) is 0 Å². The van der Waals surface area contributed by atoms with Crippen molar-refractivity contribution in [1.29, 1.82) is 0 Å². The van der Waals surface area contributed by atoms with Crippen LogP contribution in [-0.2, 0) is 9.47 Å². The van der Waals surface area contributed by atoms with Crippen LogP contribution in [0.2, 0.25) is 0 Å². The van der Waals surface area contributed by atoms with Gasteiger partial charge < -0.3 is 14.2 Å². The van der Waals surface area contributed by atoms with Crippen LogP contribution in [0.5, 0.6) is 5.88 Å². The van der Waals surface area contributed by atoms with E-state index in [1.54, 1.807) is 7.11 Å². The Morgan fingerprint density at radius 3 is 2.72 bits per heavy atom. The Hall–Kier alpha value is -1.72. The second-order valence-electron chi connectivity index (χ2n) is 3.70. The van der Waals surface area contributed by atoms with Crippen molar-refractivity contribution >= 4 is 10.9 Å². The lowest BCUT2D eigenvalue weighted by Gasteiger charge is -2.06. The largest absolute Gasteiger partial charge is 0.474 e. The number of methoxy groups -OCH3 is 1. The van der Waals surface area contributed by atoms with Crippen molar-refractivity contribution in [1.82, 2.24) is 10.2 Å².